The van der Waals surface area contributed by atoms with Gasteiger partial charge in [0.25, 0.3) is 0 Å². The van der Waals surface area contributed by atoms with E-state index in [1.165, 1.54) is 44.9 Å². The molecule has 0 spiro atoms. The minimum atomic E-state index is -0.805. The van der Waals surface area contributed by atoms with Crippen LogP contribution in [0.15, 0.2) is 85.1 Å². The average molecular weight is 780 g/mol. The largest absolute Gasteiger partial charge is 0.462 e. The fraction of sp³-hybridized carbons (Fsp3) is 0.680. The Hall–Kier alpha value is -2.96. The summed E-state index contributed by atoms with van der Waals surface area (Å²) in [6.07, 6.45) is 55.0. The Balaban J connectivity index is 4.73. The molecule has 56 heavy (non-hydrogen) atoms. The van der Waals surface area contributed by atoms with Crippen molar-refractivity contribution in [1.82, 2.24) is 5.32 Å². The van der Waals surface area contributed by atoms with E-state index in [0.717, 1.165) is 103 Å². The topological polar surface area (TPSA) is 95.9 Å². The minimum Gasteiger partial charge on any atom is -0.462 e. The van der Waals surface area contributed by atoms with E-state index < -0.39 is 18.2 Å². The lowest BCUT2D eigenvalue weighted by Crippen LogP contribution is -2.46. The van der Waals surface area contributed by atoms with Gasteiger partial charge in [0.2, 0.25) is 5.91 Å². The molecule has 3 N–H and O–H groups in total. The molecule has 0 aromatic heterocycles. The van der Waals surface area contributed by atoms with E-state index in [1.807, 2.05) is 30.4 Å². The van der Waals surface area contributed by atoms with Gasteiger partial charge in [-0.3, -0.25) is 9.59 Å². The number of carbonyl (C=O) groups is 2. The fourth-order valence-corrected chi connectivity index (χ4v) is 6.39. The minimum absolute atomic E-state index is 0.0375. The first-order valence-corrected chi connectivity index (χ1v) is 22.9. The highest BCUT2D eigenvalue weighted by Gasteiger charge is 2.24. The number of hydrogen-bond donors (Lipinski definition) is 3. The number of ether oxygens (including phenoxy) is 1. The smallest absolute Gasteiger partial charge is 0.306 e. The van der Waals surface area contributed by atoms with E-state index in [4.69, 9.17) is 4.74 Å². The van der Waals surface area contributed by atoms with Gasteiger partial charge in [-0.25, -0.2) is 0 Å². The lowest BCUT2D eigenvalue weighted by atomic mass is 10.0. The standard InChI is InChI=1S/C50H85NO5/c1-4-7-10-13-16-19-22-24-26-28-31-34-37-40-43-50(55)56-46(41-38-35-32-29-27-25-23-20-17-14-11-8-5-2)44-49(54)51-47(45-52)48(53)42-39-36-33-30-21-18-15-12-9-6-3/h7-8,10-11,14,16-17,19-20,23-27,46-48,52-53H,4-6,9,12-13,15,18,21-22,28-45H2,1-3H3,(H,51,54)/b10-7+,11-8+,17-14+,19-16+,23-20+,26-24+,27-25-. The molecule has 320 valence electrons. The normalized spacial score (nSPS) is 14.2. The zero-order valence-corrected chi connectivity index (χ0v) is 36.2. The first-order valence-electron chi connectivity index (χ1n) is 22.9. The van der Waals surface area contributed by atoms with Gasteiger partial charge in [0.15, 0.2) is 0 Å². The Morgan fingerprint density at radius 2 is 1.05 bits per heavy atom. The van der Waals surface area contributed by atoms with E-state index in [9.17, 15) is 19.8 Å². The number of allylic oxidation sites excluding steroid dienone is 14. The van der Waals surface area contributed by atoms with Crippen molar-refractivity contribution in [2.75, 3.05) is 6.61 Å². The van der Waals surface area contributed by atoms with Crippen LogP contribution in [-0.4, -0.2) is 46.9 Å². The molecule has 0 fully saturated rings. The molecule has 3 unspecified atom stereocenters. The number of aliphatic hydroxyl groups excluding tert-OH is 2. The second kappa shape index (κ2) is 43.2. The van der Waals surface area contributed by atoms with Crippen molar-refractivity contribution < 1.29 is 24.5 Å². The van der Waals surface area contributed by atoms with Crippen LogP contribution in [0, 0.1) is 0 Å². The second-order valence-corrected chi connectivity index (χ2v) is 15.1. The van der Waals surface area contributed by atoms with Gasteiger partial charge in [-0.1, -0.05) is 189 Å². The summed E-state index contributed by atoms with van der Waals surface area (Å²) in [4.78, 5) is 26.0. The van der Waals surface area contributed by atoms with E-state index in [0.29, 0.717) is 19.3 Å². The molecule has 6 nitrogen and oxygen atoms in total. The van der Waals surface area contributed by atoms with Crippen molar-refractivity contribution in [3.05, 3.63) is 85.1 Å². The highest BCUT2D eigenvalue weighted by atomic mass is 16.5. The third kappa shape index (κ3) is 37.9. The molecule has 0 radical (unpaired) electrons. The number of aliphatic hydroxyl groups is 2. The van der Waals surface area contributed by atoms with Crippen LogP contribution < -0.4 is 5.32 Å². The fourth-order valence-electron chi connectivity index (χ4n) is 6.39. The van der Waals surface area contributed by atoms with Gasteiger partial charge in [-0.15, -0.1) is 0 Å². The number of esters is 1. The highest BCUT2D eigenvalue weighted by molar-refractivity contribution is 5.77. The molecule has 0 aliphatic carbocycles. The highest BCUT2D eigenvalue weighted by Crippen LogP contribution is 2.16. The molecule has 3 atom stereocenters. The first-order chi connectivity index (χ1) is 27.5. The number of rotatable bonds is 39. The summed E-state index contributed by atoms with van der Waals surface area (Å²) >= 11 is 0. The third-order valence-corrected chi connectivity index (χ3v) is 9.81. The number of carbonyl (C=O) groups excluding carboxylic acids is 2. The van der Waals surface area contributed by atoms with Crippen LogP contribution in [0.1, 0.15) is 194 Å². The number of hydrogen-bond acceptors (Lipinski definition) is 5. The number of amides is 1. The molecule has 0 bridgehead atoms. The molecule has 0 aliphatic heterocycles. The van der Waals surface area contributed by atoms with Crippen molar-refractivity contribution in [1.29, 1.82) is 0 Å². The molecule has 0 heterocycles. The van der Waals surface area contributed by atoms with E-state index >= 15 is 0 Å². The maximum absolute atomic E-state index is 13.1. The van der Waals surface area contributed by atoms with Gasteiger partial charge in [0, 0.05) is 6.42 Å². The number of unbranched alkanes of at least 4 members (excludes halogenated alkanes) is 16. The summed E-state index contributed by atoms with van der Waals surface area (Å²) in [5.41, 5.74) is 0. The molecule has 0 aromatic rings. The first kappa shape index (κ1) is 53.0. The molecular formula is C50H85NO5. The van der Waals surface area contributed by atoms with Crippen LogP contribution >= 0.6 is 0 Å². The summed E-state index contributed by atoms with van der Waals surface area (Å²) in [6.45, 7) is 6.18. The summed E-state index contributed by atoms with van der Waals surface area (Å²) in [5, 5.41) is 23.6. The summed E-state index contributed by atoms with van der Waals surface area (Å²) in [5.74, 6) is -0.549. The van der Waals surface area contributed by atoms with Crippen molar-refractivity contribution in [3.63, 3.8) is 0 Å². The molecular weight excluding hydrogens is 695 g/mol. The van der Waals surface area contributed by atoms with E-state index in [1.54, 1.807) is 0 Å². The Kier molecular flexibility index (Phi) is 40.9. The van der Waals surface area contributed by atoms with Gasteiger partial charge in [0.05, 0.1) is 25.2 Å². The summed E-state index contributed by atoms with van der Waals surface area (Å²) in [6, 6.07) is -0.721. The van der Waals surface area contributed by atoms with Crippen LogP contribution in [0.2, 0.25) is 0 Å². The number of nitrogens with one attached hydrogen (secondary N) is 1. The molecule has 0 saturated carbocycles. The van der Waals surface area contributed by atoms with E-state index in [2.05, 4.69) is 80.8 Å². The monoisotopic (exact) mass is 780 g/mol. The Bertz CT molecular complexity index is 1100. The van der Waals surface area contributed by atoms with E-state index in [-0.39, 0.29) is 24.9 Å². The lowest BCUT2D eigenvalue weighted by molar-refractivity contribution is -0.151. The molecule has 6 heteroatoms. The van der Waals surface area contributed by atoms with Crippen molar-refractivity contribution in [2.24, 2.45) is 0 Å². The molecule has 0 aromatic carbocycles. The quantitative estimate of drug-likeness (QED) is 0.0250. The predicted octanol–water partition coefficient (Wildman–Crippen LogP) is 13.2. The zero-order chi connectivity index (χ0) is 41.0. The molecule has 0 aliphatic rings. The average Bonchev–Trinajstić information content (AvgIpc) is 3.19. The predicted molar refractivity (Wildman–Crippen MR) is 241 cm³/mol. The Morgan fingerprint density at radius 1 is 0.554 bits per heavy atom. The van der Waals surface area contributed by atoms with Gasteiger partial charge in [-0.2, -0.15) is 0 Å². The Labute approximate surface area is 344 Å². The zero-order valence-electron chi connectivity index (χ0n) is 36.2. The van der Waals surface area contributed by atoms with Crippen molar-refractivity contribution >= 4 is 11.9 Å². The van der Waals surface area contributed by atoms with Crippen LogP contribution in [0.25, 0.3) is 0 Å². The van der Waals surface area contributed by atoms with Crippen LogP contribution in [0.3, 0.4) is 0 Å². The van der Waals surface area contributed by atoms with Crippen molar-refractivity contribution in [3.8, 4) is 0 Å². The van der Waals surface area contributed by atoms with Crippen LogP contribution in [0.4, 0.5) is 0 Å². The van der Waals surface area contributed by atoms with Crippen molar-refractivity contribution in [2.45, 2.75) is 212 Å². The lowest BCUT2D eigenvalue weighted by Gasteiger charge is -2.24. The Morgan fingerprint density at radius 3 is 1.70 bits per heavy atom. The van der Waals surface area contributed by atoms with Crippen LogP contribution in [-0.2, 0) is 14.3 Å². The summed E-state index contributed by atoms with van der Waals surface area (Å²) < 4.78 is 5.88. The third-order valence-electron chi connectivity index (χ3n) is 9.81. The maximum Gasteiger partial charge on any atom is 0.306 e. The van der Waals surface area contributed by atoms with Gasteiger partial charge >= 0.3 is 5.97 Å². The SMILES string of the molecule is CC/C=C/C=C/C=C/C=C\CCCCCC(CC(=O)NC(CO)C(O)CCCCCCCCCCCC)OC(=O)CCCCCC/C=C/C/C=C/C/C=C/CC. The molecule has 0 saturated heterocycles. The molecule has 1 amide bonds. The maximum atomic E-state index is 13.1. The summed E-state index contributed by atoms with van der Waals surface area (Å²) in [7, 11) is 0. The van der Waals surface area contributed by atoms with Gasteiger partial charge in [-0.05, 0) is 77.0 Å². The molecule has 0 rings (SSSR count). The van der Waals surface area contributed by atoms with Gasteiger partial charge < -0.3 is 20.3 Å². The van der Waals surface area contributed by atoms with Gasteiger partial charge in [0.1, 0.15) is 6.10 Å². The second-order valence-electron chi connectivity index (χ2n) is 15.1. The van der Waals surface area contributed by atoms with Crippen LogP contribution in [0.5, 0.6) is 0 Å².